The van der Waals surface area contributed by atoms with Crippen LogP contribution in [-0.2, 0) is 20.9 Å². The number of nitrogens with one attached hydrogen (secondary N) is 1. The highest BCUT2D eigenvalue weighted by Crippen LogP contribution is 2.09. The molecule has 1 N–H and O–H groups in total. The van der Waals surface area contributed by atoms with E-state index in [0.717, 1.165) is 11.6 Å². The molecule has 0 aliphatic carbocycles. The van der Waals surface area contributed by atoms with Crippen molar-refractivity contribution in [2.75, 3.05) is 6.61 Å². The number of halogens is 2. The molecule has 0 aliphatic rings. The Kier molecular flexibility index (Phi) is 6.51. The van der Waals surface area contributed by atoms with E-state index in [0.29, 0.717) is 11.6 Å². The molecule has 24 heavy (non-hydrogen) atoms. The van der Waals surface area contributed by atoms with Gasteiger partial charge in [-0.25, -0.2) is 9.18 Å². The summed E-state index contributed by atoms with van der Waals surface area (Å²) >= 11 is 5.77. The predicted octanol–water partition coefficient (Wildman–Crippen LogP) is 3.35. The number of rotatable bonds is 6. The Morgan fingerprint density at radius 3 is 2.54 bits per heavy atom. The fourth-order valence-electron chi connectivity index (χ4n) is 1.81. The molecule has 1 amide bonds. The summed E-state index contributed by atoms with van der Waals surface area (Å²) in [5.41, 5.74) is 1.14. The summed E-state index contributed by atoms with van der Waals surface area (Å²) in [4.78, 5) is 23.1. The molecule has 0 atom stereocenters. The highest BCUT2D eigenvalue weighted by Gasteiger charge is 2.05. The molecule has 4 nitrogen and oxygen atoms in total. The summed E-state index contributed by atoms with van der Waals surface area (Å²) in [6.45, 7) is -0.105. The van der Waals surface area contributed by atoms with Crippen LogP contribution in [0, 0.1) is 5.82 Å². The molecule has 6 heteroatoms. The zero-order valence-electron chi connectivity index (χ0n) is 12.7. The van der Waals surface area contributed by atoms with Crippen LogP contribution in [0.5, 0.6) is 0 Å². The molecule has 0 fully saturated rings. The Morgan fingerprint density at radius 1 is 1.12 bits per heavy atom. The van der Waals surface area contributed by atoms with E-state index in [9.17, 15) is 14.0 Å². The number of amides is 1. The summed E-state index contributed by atoms with van der Waals surface area (Å²) in [6, 6.07) is 13.0. The van der Waals surface area contributed by atoms with E-state index in [4.69, 9.17) is 16.3 Å². The van der Waals surface area contributed by atoms with E-state index < -0.39 is 24.3 Å². The maximum absolute atomic E-state index is 13.4. The first-order chi connectivity index (χ1) is 11.5. The van der Waals surface area contributed by atoms with Gasteiger partial charge in [-0.15, -0.1) is 0 Å². The monoisotopic (exact) mass is 347 g/mol. The quantitative estimate of drug-likeness (QED) is 0.644. The van der Waals surface area contributed by atoms with Crippen molar-refractivity contribution < 1.29 is 18.7 Å². The van der Waals surface area contributed by atoms with Gasteiger partial charge >= 0.3 is 5.97 Å². The zero-order valence-corrected chi connectivity index (χ0v) is 13.4. The Hall–Kier alpha value is -2.66. The largest absolute Gasteiger partial charge is 0.452 e. The molecular formula is C18H15ClFNO3. The van der Waals surface area contributed by atoms with Gasteiger partial charge in [0, 0.05) is 23.2 Å². The van der Waals surface area contributed by atoms with Crippen molar-refractivity contribution in [2.24, 2.45) is 0 Å². The Bertz CT molecular complexity index is 744. The van der Waals surface area contributed by atoms with Gasteiger partial charge in [0.1, 0.15) is 5.82 Å². The van der Waals surface area contributed by atoms with Crippen LogP contribution in [0.4, 0.5) is 4.39 Å². The smallest absolute Gasteiger partial charge is 0.331 e. The van der Waals surface area contributed by atoms with Crippen LogP contribution < -0.4 is 5.32 Å². The minimum Gasteiger partial charge on any atom is -0.452 e. The fraction of sp³-hybridized carbons (Fsp3) is 0.111. The molecule has 0 saturated heterocycles. The van der Waals surface area contributed by atoms with Crippen molar-refractivity contribution in [3.8, 4) is 0 Å². The topological polar surface area (TPSA) is 55.4 Å². The predicted molar refractivity (Wildman–Crippen MR) is 89.7 cm³/mol. The third-order valence-electron chi connectivity index (χ3n) is 3.05. The molecule has 0 saturated carbocycles. The molecule has 0 aliphatic heterocycles. The van der Waals surface area contributed by atoms with Gasteiger partial charge in [0.2, 0.25) is 0 Å². The van der Waals surface area contributed by atoms with Crippen molar-refractivity contribution in [3.63, 3.8) is 0 Å². The molecule has 2 rings (SSSR count). The summed E-state index contributed by atoms with van der Waals surface area (Å²) in [7, 11) is 0. The third kappa shape index (κ3) is 5.85. The van der Waals surface area contributed by atoms with Crippen LogP contribution in [0.3, 0.4) is 0 Å². The Labute approximate surface area is 143 Å². The first kappa shape index (κ1) is 17.7. The number of esters is 1. The van der Waals surface area contributed by atoms with Gasteiger partial charge < -0.3 is 10.1 Å². The lowest BCUT2D eigenvalue weighted by atomic mass is 10.2. The van der Waals surface area contributed by atoms with Gasteiger partial charge in [0.15, 0.2) is 6.61 Å². The van der Waals surface area contributed by atoms with Crippen LogP contribution in [0.15, 0.2) is 54.6 Å². The van der Waals surface area contributed by atoms with Gasteiger partial charge in [-0.3, -0.25) is 4.79 Å². The summed E-state index contributed by atoms with van der Waals surface area (Å²) in [5.74, 6) is -1.60. The SMILES string of the molecule is O=C(COC(=O)/C=C/c1ccccc1F)NCc1ccc(Cl)cc1. The molecule has 0 aromatic heterocycles. The van der Waals surface area contributed by atoms with Gasteiger partial charge in [0.25, 0.3) is 5.91 Å². The average molecular weight is 348 g/mol. The van der Waals surface area contributed by atoms with E-state index in [1.165, 1.54) is 18.2 Å². The molecule has 0 unspecified atom stereocenters. The van der Waals surface area contributed by atoms with E-state index in [2.05, 4.69) is 5.32 Å². The van der Waals surface area contributed by atoms with Crippen LogP contribution in [0.1, 0.15) is 11.1 Å². The first-order valence-electron chi connectivity index (χ1n) is 7.15. The minimum absolute atomic E-state index is 0.265. The van der Waals surface area contributed by atoms with Gasteiger partial charge in [-0.1, -0.05) is 41.9 Å². The van der Waals surface area contributed by atoms with Crippen molar-refractivity contribution in [3.05, 3.63) is 76.6 Å². The van der Waals surface area contributed by atoms with Crippen LogP contribution >= 0.6 is 11.6 Å². The van der Waals surface area contributed by atoms with E-state index in [1.54, 1.807) is 36.4 Å². The number of hydrogen-bond acceptors (Lipinski definition) is 3. The van der Waals surface area contributed by atoms with Crippen LogP contribution in [0.25, 0.3) is 6.08 Å². The molecule has 0 radical (unpaired) electrons. The number of carbonyl (C=O) groups excluding carboxylic acids is 2. The number of hydrogen-bond donors (Lipinski definition) is 1. The van der Waals surface area contributed by atoms with Crippen molar-refractivity contribution in [1.82, 2.24) is 5.32 Å². The first-order valence-corrected chi connectivity index (χ1v) is 7.53. The van der Waals surface area contributed by atoms with Crippen molar-refractivity contribution in [1.29, 1.82) is 0 Å². The number of benzene rings is 2. The lowest BCUT2D eigenvalue weighted by Crippen LogP contribution is -2.28. The minimum atomic E-state index is -0.722. The number of carbonyl (C=O) groups is 2. The second-order valence-corrected chi connectivity index (χ2v) is 5.30. The maximum Gasteiger partial charge on any atom is 0.331 e. The second kappa shape index (κ2) is 8.84. The lowest BCUT2D eigenvalue weighted by molar-refractivity contribution is -0.143. The fourth-order valence-corrected chi connectivity index (χ4v) is 1.93. The summed E-state index contributed by atoms with van der Waals surface area (Å²) in [6.07, 6.45) is 2.37. The maximum atomic E-state index is 13.4. The molecular weight excluding hydrogens is 333 g/mol. The third-order valence-corrected chi connectivity index (χ3v) is 3.30. The van der Waals surface area contributed by atoms with E-state index >= 15 is 0 Å². The van der Waals surface area contributed by atoms with Crippen LogP contribution in [-0.4, -0.2) is 18.5 Å². The highest BCUT2D eigenvalue weighted by atomic mass is 35.5. The lowest BCUT2D eigenvalue weighted by Gasteiger charge is -2.05. The second-order valence-electron chi connectivity index (χ2n) is 4.87. The van der Waals surface area contributed by atoms with Crippen molar-refractivity contribution >= 4 is 29.6 Å². The molecule has 0 bridgehead atoms. The summed E-state index contributed by atoms with van der Waals surface area (Å²) in [5, 5.41) is 3.23. The number of ether oxygens (including phenoxy) is 1. The molecule has 0 heterocycles. The highest BCUT2D eigenvalue weighted by molar-refractivity contribution is 6.30. The van der Waals surface area contributed by atoms with E-state index in [-0.39, 0.29) is 5.56 Å². The Morgan fingerprint density at radius 2 is 1.83 bits per heavy atom. The van der Waals surface area contributed by atoms with Gasteiger partial charge in [0.05, 0.1) is 0 Å². The summed E-state index contributed by atoms with van der Waals surface area (Å²) < 4.78 is 18.2. The van der Waals surface area contributed by atoms with Gasteiger partial charge in [-0.2, -0.15) is 0 Å². The standard InChI is InChI=1S/C18H15ClFNO3/c19-15-8-5-13(6-9-15)11-21-17(22)12-24-18(23)10-7-14-3-1-2-4-16(14)20/h1-10H,11-12H2,(H,21,22)/b10-7+. The molecule has 0 spiro atoms. The molecule has 2 aromatic rings. The van der Waals surface area contributed by atoms with Crippen LogP contribution in [0.2, 0.25) is 5.02 Å². The Balaban J connectivity index is 1.74. The molecule has 124 valence electrons. The normalized spacial score (nSPS) is 10.6. The van der Waals surface area contributed by atoms with Crippen molar-refractivity contribution in [2.45, 2.75) is 6.54 Å². The zero-order chi connectivity index (χ0) is 17.4. The van der Waals surface area contributed by atoms with E-state index in [1.807, 2.05) is 0 Å². The average Bonchev–Trinajstić information content (AvgIpc) is 2.58. The van der Waals surface area contributed by atoms with Gasteiger partial charge in [-0.05, 0) is 29.8 Å². The molecule has 2 aromatic carbocycles.